The van der Waals surface area contributed by atoms with Crippen LogP contribution in [0, 0.1) is 0 Å². The fourth-order valence-electron chi connectivity index (χ4n) is 3.55. The van der Waals surface area contributed by atoms with Crippen molar-refractivity contribution in [2.75, 3.05) is 6.54 Å². The van der Waals surface area contributed by atoms with Gasteiger partial charge in [0.2, 0.25) is 0 Å². The first-order valence-corrected chi connectivity index (χ1v) is 9.06. The van der Waals surface area contributed by atoms with Crippen LogP contribution < -0.4 is 10.6 Å². The topological polar surface area (TPSA) is 70.6 Å². The molecule has 0 radical (unpaired) electrons. The molecule has 1 amide bonds. The second kappa shape index (κ2) is 7.99. The number of hydrogen-bond acceptors (Lipinski definition) is 4. The summed E-state index contributed by atoms with van der Waals surface area (Å²) in [6, 6.07) is 10.2. The molecule has 5 nitrogen and oxygen atoms in total. The zero-order valence-corrected chi connectivity index (χ0v) is 14.2. The molecule has 0 spiro atoms. The van der Waals surface area contributed by atoms with E-state index in [1.165, 1.54) is 6.42 Å². The van der Waals surface area contributed by atoms with Gasteiger partial charge in [0.25, 0.3) is 0 Å². The summed E-state index contributed by atoms with van der Waals surface area (Å²) in [5.41, 5.74) is 0.465. The van der Waals surface area contributed by atoms with Crippen molar-refractivity contribution >= 4 is 6.09 Å². The molecule has 1 aromatic carbocycles. The first kappa shape index (κ1) is 17.2. The molecule has 0 aliphatic heterocycles. The molecule has 0 atom stereocenters. The maximum atomic E-state index is 11.8. The van der Waals surface area contributed by atoms with Crippen LogP contribution in [0.15, 0.2) is 30.3 Å². The molecule has 3 rings (SSSR count). The molecule has 0 aromatic heterocycles. The van der Waals surface area contributed by atoms with Crippen molar-refractivity contribution < 1.29 is 14.6 Å². The highest BCUT2D eigenvalue weighted by Gasteiger charge is 2.34. The minimum absolute atomic E-state index is 0.173. The van der Waals surface area contributed by atoms with Crippen molar-refractivity contribution in [3.8, 4) is 0 Å². The highest BCUT2D eigenvalue weighted by Crippen LogP contribution is 2.28. The molecule has 2 aliphatic carbocycles. The average molecular weight is 332 g/mol. The first-order chi connectivity index (χ1) is 11.6. The van der Waals surface area contributed by atoms with Crippen LogP contribution >= 0.6 is 0 Å². The Balaban J connectivity index is 1.28. The Hall–Kier alpha value is -1.59. The van der Waals surface area contributed by atoms with Crippen molar-refractivity contribution in [2.24, 2.45) is 0 Å². The minimum Gasteiger partial charge on any atom is -0.445 e. The zero-order chi connectivity index (χ0) is 16.8. The summed E-state index contributed by atoms with van der Waals surface area (Å²) in [6.45, 7) is 0.969. The maximum Gasteiger partial charge on any atom is 0.407 e. The Morgan fingerprint density at radius 2 is 1.83 bits per heavy atom. The molecule has 1 aromatic rings. The first-order valence-electron chi connectivity index (χ1n) is 9.06. The quantitative estimate of drug-likeness (QED) is 0.749. The van der Waals surface area contributed by atoms with Crippen LogP contribution in [-0.4, -0.2) is 35.4 Å². The van der Waals surface area contributed by atoms with Crippen LogP contribution in [0.4, 0.5) is 4.79 Å². The Kier molecular flexibility index (Phi) is 5.74. The summed E-state index contributed by atoms with van der Waals surface area (Å²) < 4.78 is 5.23. The van der Waals surface area contributed by atoms with Crippen LogP contribution in [-0.2, 0) is 11.3 Å². The van der Waals surface area contributed by atoms with Gasteiger partial charge in [-0.2, -0.15) is 0 Å². The molecule has 0 bridgehead atoms. The fourth-order valence-corrected chi connectivity index (χ4v) is 3.55. The lowest BCUT2D eigenvalue weighted by molar-refractivity contribution is -0.000816. The average Bonchev–Trinajstić information content (AvgIpc) is 2.56. The van der Waals surface area contributed by atoms with E-state index < -0.39 is 5.60 Å². The van der Waals surface area contributed by atoms with Crippen LogP contribution in [0.5, 0.6) is 0 Å². The van der Waals surface area contributed by atoms with Crippen LogP contribution in [0.2, 0.25) is 0 Å². The van der Waals surface area contributed by atoms with E-state index in [4.69, 9.17) is 4.74 Å². The third-order valence-corrected chi connectivity index (χ3v) is 5.18. The van der Waals surface area contributed by atoms with Gasteiger partial charge >= 0.3 is 6.09 Å². The van der Waals surface area contributed by atoms with E-state index in [0.29, 0.717) is 19.2 Å². The number of alkyl carbamates (subject to hydrolysis) is 1. The second-order valence-electron chi connectivity index (χ2n) is 7.24. The zero-order valence-electron chi connectivity index (χ0n) is 14.2. The molecule has 0 saturated heterocycles. The largest absolute Gasteiger partial charge is 0.445 e. The van der Waals surface area contributed by atoms with E-state index in [1.54, 1.807) is 0 Å². The van der Waals surface area contributed by atoms with Crippen molar-refractivity contribution in [1.29, 1.82) is 0 Å². The fraction of sp³-hybridized carbons (Fsp3) is 0.632. The standard InChI is InChI=1S/C19H28N2O3/c22-18(24-13-15-7-3-1-4-8-15)21-17-11-16(12-17)20-14-19(23)9-5-2-6-10-19/h1,3-4,7-8,16-17,20,23H,2,5-6,9-14H2,(H,21,22). The Labute approximate surface area is 143 Å². The third kappa shape index (κ3) is 4.95. The number of ether oxygens (including phenoxy) is 1. The van der Waals surface area contributed by atoms with Crippen molar-refractivity contribution in [1.82, 2.24) is 10.6 Å². The van der Waals surface area contributed by atoms with E-state index in [1.807, 2.05) is 30.3 Å². The van der Waals surface area contributed by atoms with Gasteiger partial charge in [0.15, 0.2) is 0 Å². The lowest BCUT2D eigenvalue weighted by Gasteiger charge is -2.39. The highest BCUT2D eigenvalue weighted by molar-refractivity contribution is 5.67. The number of benzene rings is 1. The molecule has 3 N–H and O–H groups in total. The Morgan fingerprint density at radius 3 is 2.54 bits per heavy atom. The SMILES string of the molecule is O=C(NC1CC(NCC2(O)CCCCC2)C1)OCc1ccccc1. The van der Waals surface area contributed by atoms with E-state index in [2.05, 4.69) is 10.6 Å². The van der Waals surface area contributed by atoms with Gasteiger partial charge in [-0.05, 0) is 31.2 Å². The van der Waals surface area contributed by atoms with Gasteiger partial charge in [-0.25, -0.2) is 4.79 Å². The number of aliphatic hydroxyl groups is 1. The number of carbonyl (C=O) groups is 1. The van der Waals surface area contributed by atoms with E-state index in [0.717, 1.165) is 44.1 Å². The number of carbonyl (C=O) groups excluding carboxylic acids is 1. The van der Waals surface area contributed by atoms with Crippen LogP contribution in [0.1, 0.15) is 50.5 Å². The number of hydrogen-bond donors (Lipinski definition) is 3. The second-order valence-corrected chi connectivity index (χ2v) is 7.24. The summed E-state index contributed by atoms with van der Waals surface area (Å²) in [6.07, 6.45) is 6.74. The van der Waals surface area contributed by atoms with E-state index in [-0.39, 0.29) is 12.1 Å². The van der Waals surface area contributed by atoms with Crippen LogP contribution in [0.25, 0.3) is 0 Å². The van der Waals surface area contributed by atoms with Gasteiger partial charge < -0.3 is 20.5 Å². The van der Waals surface area contributed by atoms with Gasteiger partial charge in [0.1, 0.15) is 6.61 Å². The molecule has 0 unspecified atom stereocenters. The number of amides is 1. The van der Waals surface area contributed by atoms with E-state index in [9.17, 15) is 9.90 Å². The molecule has 132 valence electrons. The minimum atomic E-state index is -0.522. The molecular weight excluding hydrogens is 304 g/mol. The Morgan fingerprint density at radius 1 is 1.12 bits per heavy atom. The molecule has 2 aliphatic rings. The number of nitrogens with one attached hydrogen (secondary N) is 2. The third-order valence-electron chi connectivity index (χ3n) is 5.18. The summed E-state index contributed by atoms with van der Waals surface area (Å²) >= 11 is 0. The van der Waals surface area contributed by atoms with Crippen LogP contribution in [0.3, 0.4) is 0 Å². The normalized spacial score (nSPS) is 25.5. The summed E-state index contributed by atoms with van der Waals surface area (Å²) in [7, 11) is 0. The Bertz CT molecular complexity index is 523. The van der Waals surface area contributed by atoms with Gasteiger partial charge in [-0.15, -0.1) is 0 Å². The molecule has 2 fully saturated rings. The smallest absolute Gasteiger partial charge is 0.407 e. The van der Waals surface area contributed by atoms with Gasteiger partial charge in [-0.3, -0.25) is 0 Å². The molecule has 2 saturated carbocycles. The summed E-state index contributed by atoms with van der Waals surface area (Å²) in [5, 5.41) is 16.8. The monoisotopic (exact) mass is 332 g/mol. The molecule has 0 heterocycles. The van der Waals surface area contributed by atoms with Crippen molar-refractivity contribution in [3.05, 3.63) is 35.9 Å². The van der Waals surface area contributed by atoms with Crippen molar-refractivity contribution in [3.63, 3.8) is 0 Å². The predicted octanol–water partition coefficient (Wildman–Crippen LogP) is 2.73. The predicted molar refractivity (Wildman–Crippen MR) is 92.6 cm³/mol. The maximum absolute atomic E-state index is 11.8. The number of rotatable bonds is 6. The lowest BCUT2D eigenvalue weighted by Crippen LogP contribution is -2.55. The van der Waals surface area contributed by atoms with Crippen molar-refractivity contribution in [2.45, 2.75) is 69.2 Å². The van der Waals surface area contributed by atoms with Gasteiger partial charge in [-0.1, -0.05) is 49.6 Å². The summed E-state index contributed by atoms with van der Waals surface area (Å²) in [5.74, 6) is 0. The molecule has 5 heteroatoms. The highest BCUT2D eigenvalue weighted by atomic mass is 16.5. The van der Waals surface area contributed by atoms with Gasteiger partial charge in [0, 0.05) is 18.6 Å². The molecule has 24 heavy (non-hydrogen) atoms. The lowest BCUT2D eigenvalue weighted by atomic mass is 9.82. The summed E-state index contributed by atoms with van der Waals surface area (Å²) in [4.78, 5) is 11.8. The molecular formula is C19H28N2O3. The van der Waals surface area contributed by atoms with Gasteiger partial charge in [0.05, 0.1) is 5.60 Å². The van der Waals surface area contributed by atoms with E-state index >= 15 is 0 Å².